The average Bonchev–Trinajstić information content (AvgIpc) is 3.31. The van der Waals surface area contributed by atoms with Gasteiger partial charge in [-0.3, -0.25) is 9.88 Å². The monoisotopic (exact) mass is 592 g/mol. The van der Waals surface area contributed by atoms with E-state index in [1.165, 1.54) is 0 Å². The molecule has 10 nitrogen and oxygen atoms in total. The number of ether oxygens (including phenoxy) is 2. The Morgan fingerprint density at radius 1 is 1.05 bits per heavy atom. The summed E-state index contributed by atoms with van der Waals surface area (Å²) in [7, 11) is 1.89. The van der Waals surface area contributed by atoms with Crippen LogP contribution < -0.4 is 5.32 Å². The molecule has 11 heteroatoms. The zero-order chi connectivity index (χ0) is 30.0. The minimum Gasteiger partial charge on any atom is -0.447 e. The van der Waals surface area contributed by atoms with Gasteiger partial charge in [-0.2, -0.15) is 0 Å². The van der Waals surface area contributed by atoms with Crippen LogP contribution in [0.25, 0.3) is 11.6 Å². The summed E-state index contributed by atoms with van der Waals surface area (Å²) in [5.41, 5.74) is 5.35. The number of nitrogens with zero attached hydrogens (tertiary/aromatic N) is 5. The maximum Gasteiger partial charge on any atom is 0.410 e. The van der Waals surface area contributed by atoms with E-state index in [2.05, 4.69) is 21.3 Å². The third-order valence-corrected chi connectivity index (χ3v) is 7.64. The lowest BCUT2D eigenvalue weighted by Gasteiger charge is -2.39. The molecule has 1 aliphatic carbocycles. The van der Waals surface area contributed by atoms with E-state index in [9.17, 15) is 9.59 Å². The van der Waals surface area contributed by atoms with Gasteiger partial charge in [-0.15, -0.1) is 0 Å². The van der Waals surface area contributed by atoms with E-state index in [0.717, 1.165) is 33.7 Å². The second-order valence-electron chi connectivity index (χ2n) is 11.1. The number of aromatic nitrogens is 3. The predicted octanol–water partition coefficient (Wildman–Crippen LogP) is 5.45. The largest absolute Gasteiger partial charge is 0.447 e. The minimum absolute atomic E-state index is 0.173. The van der Waals surface area contributed by atoms with Crippen LogP contribution in [0.4, 0.5) is 9.59 Å². The van der Waals surface area contributed by atoms with Crippen molar-refractivity contribution in [3.63, 3.8) is 0 Å². The van der Waals surface area contributed by atoms with Crippen molar-refractivity contribution >= 4 is 35.4 Å². The highest BCUT2D eigenvalue weighted by molar-refractivity contribution is 6.30. The van der Waals surface area contributed by atoms with Crippen molar-refractivity contribution in [2.75, 3.05) is 26.2 Å². The zero-order valence-electron chi connectivity index (χ0n) is 24.6. The number of halogens is 1. The number of nitrogens with one attached hydrogen (secondary N) is 1. The molecule has 5 rings (SSSR count). The molecule has 0 saturated carbocycles. The number of benzene rings is 1. The fraction of sp³-hybridized carbons (Fsp3) is 0.419. The number of hydrogen-bond acceptors (Lipinski definition) is 7. The van der Waals surface area contributed by atoms with Crippen LogP contribution in [-0.4, -0.2) is 74.9 Å². The molecule has 222 valence electrons. The summed E-state index contributed by atoms with van der Waals surface area (Å²) >= 11 is 6.63. The van der Waals surface area contributed by atoms with Crippen LogP contribution in [0.2, 0.25) is 5.02 Å². The lowest BCUT2D eigenvalue weighted by Crippen LogP contribution is -2.50. The Morgan fingerprint density at radius 2 is 1.79 bits per heavy atom. The molecule has 2 atom stereocenters. The van der Waals surface area contributed by atoms with Crippen LogP contribution in [0.1, 0.15) is 67.9 Å². The Bertz CT molecular complexity index is 1480. The number of alkyl carbamates (subject to hydrolysis) is 1. The highest BCUT2D eigenvalue weighted by Crippen LogP contribution is 2.44. The van der Waals surface area contributed by atoms with Gasteiger partial charge in [0.25, 0.3) is 0 Å². The summed E-state index contributed by atoms with van der Waals surface area (Å²) in [4.78, 5) is 38.9. The maximum atomic E-state index is 13.0. The van der Waals surface area contributed by atoms with Crippen molar-refractivity contribution in [3.05, 3.63) is 82.2 Å². The second kappa shape index (κ2) is 12.5. The smallest absolute Gasteiger partial charge is 0.410 e. The summed E-state index contributed by atoms with van der Waals surface area (Å²) in [6, 6.07) is 9.01. The second-order valence-corrected chi connectivity index (χ2v) is 11.6. The van der Waals surface area contributed by atoms with E-state index in [1.807, 2.05) is 69.6 Å². The molecule has 42 heavy (non-hydrogen) atoms. The molecule has 2 amide bonds. The Kier molecular flexibility index (Phi) is 8.84. The van der Waals surface area contributed by atoms with Crippen molar-refractivity contribution in [2.45, 2.75) is 52.0 Å². The van der Waals surface area contributed by atoms with E-state index < -0.39 is 12.1 Å². The van der Waals surface area contributed by atoms with Crippen LogP contribution in [-0.2, 0) is 16.5 Å². The fourth-order valence-corrected chi connectivity index (χ4v) is 5.73. The zero-order valence-corrected chi connectivity index (χ0v) is 25.3. The number of hydrogen-bond donors (Lipinski definition) is 1. The number of pyridine rings is 1. The van der Waals surface area contributed by atoms with Crippen molar-refractivity contribution in [2.24, 2.45) is 7.05 Å². The fourth-order valence-electron chi connectivity index (χ4n) is 5.56. The summed E-state index contributed by atoms with van der Waals surface area (Å²) in [6.07, 6.45) is 6.04. The number of amides is 2. The third kappa shape index (κ3) is 6.29. The van der Waals surface area contributed by atoms with Crippen molar-refractivity contribution in [1.29, 1.82) is 0 Å². The molecule has 1 unspecified atom stereocenters. The highest BCUT2D eigenvalue weighted by atomic mass is 35.5. The minimum atomic E-state index is -0.588. The predicted molar refractivity (Wildman–Crippen MR) is 161 cm³/mol. The number of carbonyl (C=O) groups excluding carboxylic acids is 2. The third-order valence-electron chi connectivity index (χ3n) is 7.40. The molecule has 0 bridgehead atoms. The quantitative estimate of drug-likeness (QED) is 0.406. The normalized spacial score (nSPS) is 17.7. The molecule has 2 aromatic heterocycles. The number of piperazine rings is 1. The molecule has 3 aromatic rings. The van der Waals surface area contributed by atoms with Gasteiger partial charge in [0.1, 0.15) is 0 Å². The van der Waals surface area contributed by atoms with Crippen LogP contribution >= 0.6 is 11.6 Å². The lowest BCUT2D eigenvalue weighted by molar-refractivity contribution is 0.0513. The Hall–Kier alpha value is -3.89. The number of aryl methyl sites for hydroxylation is 1. The van der Waals surface area contributed by atoms with Crippen molar-refractivity contribution in [3.8, 4) is 0 Å². The van der Waals surface area contributed by atoms with Gasteiger partial charge in [-0.1, -0.05) is 23.7 Å². The summed E-state index contributed by atoms with van der Waals surface area (Å²) in [6.45, 7) is 9.67. The van der Waals surface area contributed by atoms with E-state index >= 15 is 0 Å². The van der Waals surface area contributed by atoms with Gasteiger partial charge in [0, 0.05) is 44.4 Å². The van der Waals surface area contributed by atoms with E-state index in [4.69, 9.17) is 26.1 Å². The molecule has 1 saturated heterocycles. The van der Waals surface area contributed by atoms with Crippen LogP contribution in [0, 0.1) is 0 Å². The first-order valence-corrected chi connectivity index (χ1v) is 14.6. The van der Waals surface area contributed by atoms with Gasteiger partial charge in [0.05, 0.1) is 48.2 Å². The van der Waals surface area contributed by atoms with Crippen LogP contribution in [0.3, 0.4) is 0 Å². The molecule has 1 N–H and O–H groups in total. The van der Waals surface area contributed by atoms with Gasteiger partial charge in [0.15, 0.2) is 0 Å². The van der Waals surface area contributed by atoms with Gasteiger partial charge in [-0.05, 0) is 74.2 Å². The number of imidazole rings is 1. The van der Waals surface area contributed by atoms with Gasteiger partial charge >= 0.3 is 12.2 Å². The number of fused-ring (bicyclic) bond motifs is 2. The van der Waals surface area contributed by atoms with Gasteiger partial charge in [-0.25, -0.2) is 14.6 Å². The lowest BCUT2D eigenvalue weighted by atomic mass is 9.90. The van der Waals surface area contributed by atoms with E-state index in [0.29, 0.717) is 31.2 Å². The molecule has 0 radical (unpaired) electrons. The molecule has 1 fully saturated rings. The first-order chi connectivity index (χ1) is 20.1. The van der Waals surface area contributed by atoms with Gasteiger partial charge < -0.3 is 24.3 Å². The SMILES string of the molecule is CC(C)OC(=O)NC(C1=Cc2cccnc2[C@@H](N2CCN(C(=O)OC(C)C)CC2)c2ccc(Cl)cc21)c1cncn1C. The molecule has 0 spiro atoms. The first kappa shape index (κ1) is 29.6. The Labute approximate surface area is 251 Å². The van der Waals surface area contributed by atoms with E-state index in [-0.39, 0.29) is 24.3 Å². The molecule has 2 aliphatic rings. The van der Waals surface area contributed by atoms with Crippen molar-refractivity contribution < 1.29 is 19.1 Å². The topological polar surface area (TPSA) is 102 Å². The Morgan fingerprint density at radius 3 is 2.45 bits per heavy atom. The molecular weight excluding hydrogens is 556 g/mol. The number of rotatable bonds is 6. The highest BCUT2D eigenvalue weighted by Gasteiger charge is 2.36. The van der Waals surface area contributed by atoms with E-state index in [1.54, 1.807) is 23.6 Å². The first-order valence-electron chi connectivity index (χ1n) is 14.2. The maximum absolute atomic E-state index is 13.0. The Balaban J connectivity index is 1.59. The summed E-state index contributed by atoms with van der Waals surface area (Å²) < 4.78 is 12.8. The van der Waals surface area contributed by atoms with Crippen molar-refractivity contribution in [1.82, 2.24) is 29.7 Å². The molecular formula is C31H37ClN6O4. The standard InChI is InChI=1S/C31H37ClN6O4/c1-19(2)41-30(39)35-28(26-17-33-18-36(26)5)25-15-21-7-6-10-34-27(21)29(23-9-8-22(32)16-24(23)25)37-11-13-38(14-12-37)31(40)42-20(3)4/h6-10,15-20,28-29H,11-14H2,1-5H3,(H,35,39)/t28?,29-/m0/s1. The van der Waals surface area contributed by atoms with Crippen LogP contribution in [0.5, 0.6) is 0 Å². The summed E-state index contributed by atoms with van der Waals surface area (Å²) in [5.74, 6) is 0. The molecule has 3 heterocycles. The number of carbonyl (C=O) groups is 2. The molecule has 1 aromatic carbocycles. The molecule has 1 aliphatic heterocycles. The van der Waals surface area contributed by atoms with Gasteiger partial charge in [0.2, 0.25) is 0 Å². The summed E-state index contributed by atoms with van der Waals surface area (Å²) in [5, 5.41) is 3.66. The van der Waals surface area contributed by atoms with Crippen LogP contribution in [0.15, 0.2) is 49.1 Å². The average molecular weight is 593 g/mol.